The van der Waals surface area contributed by atoms with Crippen LogP contribution in [-0.4, -0.2) is 9.13 Å². The van der Waals surface area contributed by atoms with Crippen LogP contribution in [-0.2, 0) is 27.8 Å². The number of hydrogen-bond acceptors (Lipinski definition) is 1. The molecule has 2 aromatic heterocycles. The number of nitriles is 1. The largest absolute Gasteiger partial charge is 0.415 e. The van der Waals surface area contributed by atoms with Gasteiger partial charge in [-0.1, -0.05) is 126 Å². The lowest BCUT2D eigenvalue weighted by molar-refractivity contribution is -0.137. The van der Waals surface area contributed by atoms with Crippen molar-refractivity contribution >= 4 is 49.3 Å². The van der Waals surface area contributed by atoms with Crippen molar-refractivity contribution in [3.05, 3.63) is 148 Å². The average Bonchev–Trinajstić information content (AvgIpc) is 3.69. The number of nitrogens with zero attached hydrogens (tertiary/aromatic N) is 4. The van der Waals surface area contributed by atoms with Gasteiger partial charge < -0.3 is 9.13 Å². The van der Waals surface area contributed by atoms with Gasteiger partial charge in [0.05, 0.1) is 57.2 Å². The molecular formula is C55H53F3N4. The van der Waals surface area contributed by atoms with Crippen molar-refractivity contribution in [2.75, 3.05) is 0 Å². The molecule has 8 aromatic rings. The molecule has 7 heteroatoms. The van der Waals surface area contributed by atoms with Crippen LogP contribution in [0.4, 0.5) is 18.9 Å². The molecule has 0 radical (unpaired) electrons. The topological polar surface area (TPSA) is 38.0 Å². The number of fused-ring (bicyclic) bond motifs is 6. The summed E-state index contributed by atoms with van der Waals surface area (Å²) in [6.07, 6.45) is -4.81. The van der Waals surface area contributed by atoms with Crippen LogP contribution < -0.4 is 0 Å². The van der Waals surface area contributed by atoms with E-state index in [1.807, 2.05) is 33.4 Å². The van der Waals surface area contributed by atoms with Crippen molar-refractivity contribution < 1.29 is 13.2 Å². The molecule has 8 rings (SSSR count). The lowest BCUT2D eigenvalue weighted by Crippen LogP contribution is -2.12. The van der Waals surface area contributed by atoms with Crippen molar-refractivity contribution in [2.24, 2.45) is 0 Å². The number of alkyl halides is 3. The Kier molecular flexibility index (Phi) is 9.65. The third-order valence-electron chi connectivity index (χ3n) is 12.4. The molecule has 0 amide bonds. The van der Waals surface area contributed by atoms with Crippen LogP contribution in [0.25, 0.3) is 71.0 Å². The van der Waals surface area contributed by atoms with Crippen LogP contribution in [0.1, 0.15) is 116 Å². The molecule has 0 spiro atoms. The Morgan fingerprint density at radius 3 is 1.10 bits per heavy atom. The van der Waals surface area contributed by atoms with Crippen molar-refractivity contribution in [1.82, 2.24) is 9.13 Å². The summed E-state index contributed by atoms with van der Waals surface area (Å²) in [5.41, 5.74) is 6.78. The Morgan fingerprint density at radius 1 is 0.484 bits per heavy atom. The van der Waals surface area contributed by atoms with Gasteiger partial charge >= 0.3 is 6.18 Å². The van der Waals surface area contributed by atoms with Gasteiger partial charge in [-0.2, -0.15) is 18.4 Å². The van der Waals surface area contributed by atoms with Gasteiger partial charge in [-0.05, 0) is 105 Å². The Bertz CT molecular complexity index is 2910. The minimum absolute atomic E-state index is 0.136. The maximum absolute atomic E-state index is 15.6. The van der Waals surface area contributed by atoms with Crippen LogP contribution in [0.5, 0.6) is 0 Å². The summed E-state index contributed by atoms with van der Waals surface area (Å²) in [6, 6.07) is 34.8. The van der Waals surface area contributed by atoms with Crippen molar-refractivity contribution in [2.45, 2.75) is 111 Å². The molecule has 0 saturated heterocycles. The fraction of sp³-hybridized carbons (Fsp3) is 0.309. The van der Waals surface area contributed by atoms with E-state index in [0.717, 1.165) is 71.9 Å². The van der Waals surface area contributed by atoms with E-state index in [-0.39, 0.29) is 44.0 Å². The summed E-state index contributed by atoms with van der Waals surface area (Å²) in [7, 11) is 0. The summed E-state index contributed by atoms with van der Waals surface area (Å²) in [5, 5.41) is 14.7. The van der Waals surface area contributed by atoms with E-state index < -0.39 is 11.7 Å². The molecule has 0 unspecified atom stereocenters. The predicted octanol–water partition coefficient (Wildman–Crippen LogP) is 16.2. The van der Waals surface area contributed by atoms with Gasteiger partial charge in [0.15, 0.2) is 5.69 Å². The highest BCUT2D eigenvalue weighted by Crippen LogP contribution is 2.50. The van der Waals surface area contributed by atoms with Gasteiger partial charge in [0.25, 0.3) is 0 Å². The molecule has 0 atom stereocenters. The minimum Gasteiger partial charge on any atom is -0.309 e. The van der Waals surface area contributed by atoms with Crippen molar-refractivity contribution in [1.29, 1.82) is 5.26 Å². The first kappa shape index (κ1) is 42.4. The molecule has 0 fully saturated rings. The van der Waals surface area contributed by atoms with Gasteiger partial charge in [0, 0.05) is 32.7 Å². The molecule has 0 aliphatic rings. The van der Waals surface area contributed by atoms with Gasteiger partial charge in [-0.25, -0.2) is 4.85 Å². The highest BCUT2D eigenvalue weighted by Gasteiger charge is 2.37. The van der Waals surface area contributed by atoms with E-state index in [9.17, 15) is 5.26 Å². The molecule has 2 heterocycles. The maximum Gasteiger partial charge on any atom is 0.415 e. The van der Waals surface area contributed by atoms with Gasteiger partial charge in [0.1, 0.15) is 0 Å². The third-order valence-corrected chi connectivity index (χ3v) is 12.4. The lowest BCUT2D eigenvalue weighted by atomic mass is 9.85. The molecule has 0 aliphatic carbocycles. The predicted molar refractivity (Wildman–Crippen MR) is 251 cm³/mol. The number of halogens is 3. The van der Waals surface area contributed by atoms with Crippen LogP contribution in [0.3, 0.4) is 0 Å². The Hall–Kier alpha value is -6.31. The van der Waals surface area contributed by atoms with E-state index >= 15 is 13.2 Å². The first-order valence-corrected chi connectivity index (χ1v) is 21.2. The van der Waals surface area contributed by atoms with Crippen molar-refractivity contribution in [3.8, 4) is 28.6 Å². The van der Waals surface area contributed by atoms with Crippen LogP contribution in [0.2, 0.25) is 0 Å². The first-order valence-electron chi connectivity index (χ1n) is 21.2. The van der Waals surface area contributed by atoms with Crippen LogP contribution >= 0.6 is 0 Å². The maximum atomic E-state index is 15.6. The Morgan fingerprint density at radius 2 is 0.823 bits per heavy atom. The molecule has 0 N–H and O–H groups in total. The fourth-order valence-electron chi connectivity index (χ4n) is 8.85. The Balaban J connectivity index is 1.65. The molecule has 0 bridgehead atoms. The molecule has 314 valence electrons. The molecule has 62 heavy (non-hydrogen) atoms. The normalized spacial score (nSPS) is 13.0. The zero-order chi connectivity index (χ0) is 45.1. The highest BCUT2D eigenvalue weighted by molar-refractivity contribution is 6.13. The number of benzene rings is 6. The summed E-state index contributed by atoms with van der Waals surface area (Å²) >= 11 is 0. The summed E-state index contributed by atoms with van der Waals surface area (Å²) in [6.45, 7) is 34.3. The number of hydrogen-bond donors (Lipinski definition) is 0. The van der Waals surface area contributed by atoms with E-state index in [2.05, 4.69) is 143 Å². The second-order valence-corrected chi connectivity index (χ2v) is 20.9. The quantitative estimate of drug-likeness (QED) is 0.164. The lowest BCUT2D eigenvalue weighted by Gasteiger charge is -2.24. The van der Waals surface area contributed by atoms with Crippen LogP contribution in [0.15, 0.2) is 103 Å². The fourth-order valence-corrected chi connectivity index (χ4v) is 8.85. The smallest absolute Gasteiger partial charge is 0.309 e. The van der Waals surface area contributed by atoms with Crippen molar-refractivity contribution in [3.63, 3.8) is 0 Å². The van der Waals surface area contributed by atoms with Gasteiger partial charge in [0.2, 0.25) is 0 Å². The third kappa shape index (κ3) is 7.02. The molecule has 0 aliphatic heterocycles. The monoisotopic (exact) mass is 826 g/mol. The van der Waals surface area contributed by atoms with E-state index in [0.29, 0.717) is 11.4 Å². The van der Waals surface area contributed by atoms with E-state index in [1.54, 1.807) is 12.1 Å². The molecule has 6 aromatic carbocycles. The van der Waals surface area contributed by atoms with E-state index in [4.69, 9.17) is 6.57 Å². The number of aromatic nitrogens is 2. The highest BCUT2D eigenvalue weighted by atomic mass is 19.4. The zero-order valence-corrected chi connectivity index (χ0v) is 37.7. The minimum atomic E-state index is -4.81. The first-order chi connectivity index (χ1) is 28.8. The summed E-state index contributed by atoms with van der Waals surface area (Å²) in [4.78, 5) is 3.78. The number of rotatable bonds is 3. The van der Waals surface area contributed by atoms with Crippen LogP contribution in [0, 0.1) is 17.9 Å². The molecular weight excluding hydrogens is 774 g/mol. The Labute approximate surface area is 363 Å². The standard InChI is InChI=1S/C55H53F3N4/c1-51(2,3)33-17-21-43-37(27-33)38-28-34(52(4,5)6)18-22-44(38)61(43)47-25-32(31-59)26-48(50(47)49-41(55(56,57)58)15-14-16-42(49)60-13)62-45-23-19-35(53(7,8)9)29-39(45)40-30-36(54(10,11)12)20-24-46(40)62/h14-30H,1-12H3. The van der Waals surface area contributed by atoms with E-state index in [1.165, 1.54) is 12.1 Å². The molecule has 0 saturated carbocycles. The summed E-state index contributed by atoms with van der Waals surface area (Å²) in [5.74, 6) is 0. The second-order valence-electron chi connectivity index (χ2n) is 20.9. The SMILES string of the molecule is [C-]#[N+]c1cccc(C(F)(F)F)c1-c1c(-n2c3ccc(C(C)(C)C)cc3c3cc(C(C)(C)C)ccc32)cc(C#N)cc1-n1c2ccc(C(C)(C)C)cc2c2cc(C(C)(C)C)ccc21. The van der Waals surface area contributed by atoms with Gasteiger partial charge in [-0.3, -0.25) is 0 Å². The van der Waals surface area contributed by atoms with Gasteiger partial charge in [-0.15, -0.1) is 0 Å². The average molecular weight is 827 g/mol. The molecule has 4 nitrogen and oxygen atoms in total. The second kappa shape index (κ2) is 14.1. The summed E-state index contributed by atoms with van der Waals surface area (Å²) < 4.78 is 50.9. The zero-order valence-electron chi connectivity index (χ0n) is 37.7.